The number of para-hydroxylation sites is 1. The molecule has 1 atom stereocenters. The van der Waals surface area contributed by atoms with E-state index in [0.29, 0.717) is 5.56 Å². The SMILES string of the molecule is Cc1ccc(C(=O)CCC(=O)O[C@H](C)C(=O)Nc2c(Cl)cccc2Cl)cc1. The van der Waals surface area contributed by atoms with Gasteiger partial charge < -0.3 is 10.1 Å². The maximum atomic E-state index is 12.2. The van der Waals surface area contributed by atoms with Crippen LogP contribution in [0.2, 0.25) is 10.0 Å². The summed E-state index contributed by atoms with van der Waals surface area (Å²) in [4.78, 5) is 36.2. The van der Waals surface area contributed by atoms with Crippen LogP contribution in [0.25, 0.3) is 0 Å². The normalized spacial score (nSPS) is 11.6. The first kappa shape index (κ1) is 20.9. The second kappa shape index (κ2) is 9.53. The third kappa shape index (κ3) is 6.08. The summed E-state index contributed by atoms with van der Waals surface area (Å²) in [6.07, 6.45) is -1.16. The molecule has 0 saturated heterocycles. The quantitative estimate of drug-likeness (QED) is 0.526. The number of anilines is 1. The number of benzene rings is 2. The predicted octanol–water partition coefficient (Wildman–Crippen LogP) is 4.84. The van der Waals surface area contributed by atoms with E-state index in [1.54, 1.807) is 30.3 Å². The summed E-state index contributed by atoms with van der Waals surface area (Å²) in [5, 5.41) is 3.08. The van der Waals surface area contributed by atoms with E-state index in [4.69, 9.17) is 27.9 Å². The summed E-state index contributed by atoms with van der Waals surface area (Å²) < 4.78 is 5.08. The number of amides is 1. The lowest BCUT2D eigenvalue weighted by Crippen LogP contribution is -2.30. The number of Topliss-reactive ketones (excluding diaryl/α,β-unsaturated/α-hetero) is 1. The summed E-state index contributed by atoms with van der Waals surface area (Å²) in [7, 11) is 0. The molecule has 0 aromatic heterocycles. The second-order valence-corrected chi connectivity index (χ2v) is 6.82. The maximum absolute atomic E-state index is 12.2. The van der Waals surface area contributed by atoms with E-state index in [0.717, 1.165) is 5.56 Å². The third-order valence-electron chi connectivity index (χ3n) is 3.82. The summed E-state index contributed by atoms with van der Waals surface area (Å²) in [5.41, 5.74) is 1.83. The van der Waals surface area contributed by atoms with Crippen molar-refractivity contribution in [2.24, 2.45) is 0 Å². The molecule has 0 aliphatic rings. The number of rotatable bonds is 7. The van der Waals surface area contributed by atoms with E-state index in [-0.39, 0.29) is 34.4 Å². The number of halogens is 2. The lowest BCUT2D eigenvalue weighted by Gasteiger charge is -2.15. The van der Waals surface area contributed by atoms with Crippen LogP contribution in [-0.4, -0.2) is 23.8 Å². The maximum Gasteiger partial charge on any atom is 0.307 e. The molecule has 27 heavy (non-hydrogen) atoms. The Hall–Kier alpha value is -2.37. The fourth-order valence-corrected chi connectivity index (χ4v) is 2.74. The van der Waals surface area contributed by atoms with Crippen molar-refractivity contribution in [1.29, 1.82) is 0 Å². The van der Waals surface area contributed by atoms with Crippen LogP contribution in [0.3, 0.4) is 0 Å². The van der Waals surface area contributed by atoms with Crippen molar-refractivity contribution in [3.05, 3.63) is 63.6 Å². The van der Waals surface area contributed by atoms with Crippen molar-refractivity contribution in [2.45, 2.75) is 32.8 Å². The number of carbonyl (C=O) groups is 3. The minimum atomic E-state index is -1.06. The van der Waals surface area contributed by atoms with Gasteiger partial charge in [-0.05, 0) is 26.0 Å². The van der Waals surface area contributed by atoms with Crippen molar-refractivity contribution < 1.29 is 19.1 Å². The van der Waals surface area contributed by atoms with Gasteiger partial charge in [-0.1, -0.05) is 59.1 Å². The molecule has 0 bridgehead atoms. The number of aryl methyl sites for hydroxylation is 1. The van der Waals surface area contributed by atoms with Crippen LogP contribution in [0.4, 0.5) is 5.69 Å². The number of carbonyl (C=O) groups excluding carboxylic acids is 3. The summed E-state index contributed by atoms with van der Waals surface area (Å²) in [6.45, 7) is 3.35. The molecule has 0 saturated carbocycles. The summed E-state index contributed by atoms with van der Waals surface area (Å²) >= 11 is 12.0. The Labute approximate surface area is 167 Å². The van der Waals surface area contributed by atoms with E-state index in [9.17, 15) is 14.4 Å². The first-order valence-electron chi connectivity index (χ1n) is 8.32. The van der Waals surface area contributed by atoms with Crippen molar-refractivity contribution in [2.75, 3.05) is 5.32 Å². The molecule has 0 unspecified atom stereocenters. The van der Waals surface area contributed by atoms with E-state index in [1.807, 2.05) is 19.1 Å². The van der Waals surface area contributed by atoms with Crippen LogP contribution in [-0.2, 0) is 14.3 Å². The van der Waals surface area contributed by atoms with Crippen LogP contribution >= 0.6 is 23.2 Å². The third-order valence-corrected chi connectivity index (χ3v) is 4.45. The number of hydrogen-bond acceptors (Lipinski definition) is 4. The fraction of sp³-hybridized carbons (Fsp3) is 0.250. The van der Waals surface area contributed by atoms with Gasteiger partial charge in [0.25, 0.3) is 5.91 Å². The molecule has 0 fully saturated rings. The van der Waals surface area contributed by atoms with Gasteiger partial charge >= 0.3 is 5.97 Å². The molecular weight excluding hydrogens is 389 g/mol. The van der Waals surface area contributed by atoms with Gasteiger partial charge in [-0.2, -0.15) is 0 Å². The van der Waals surface area contributed by atoms with Gasteiger partial charge in [-0.3, -0.25) is 14.4 Å². The summed E-state index contributed by atoms with van der Waals surface area (Å²) in [5.74, 6) is -1.36. The fourth-order valence-electron chi connectivity index (χ4n) is 2.25. The Morgan fingerprint density at radius 1 is 1.00 bits per heavy atom. The van der Waals surface area contributed by atoms with Gasteiger partial charge in [0.15, 0.2) is 11.9 Å². The highest BCUT2D eigenvalue weighted by atomic mass is 35.5. The van der Waals surface area contributed by atoms with Crippen LogP contribution in [0.5, 0.6) is 0 Å². The number of esters is 1. The Bertz CT molecular complexity index is 829. The Kier molecular flexibility index (Phi) is 7.39. The minimum Gasteiger partial charge on any atom is -0.453 e. The van der Waals surface area contributed by atoms with Crippen molar-refractivity contribution in [3.63, 3.8) is 0 Å². The average Bonchev–Trinajstić information content (AvgIpc) is 2.63. The van der Waals surface area contributed by atoms with Gasteiger partial charge in [0.1, 0.15) is 0 Å². The molecule has 1 N–H and O–H groups in total. The highest BCUT2D eigenvalue weighted by molar-refractivity contribution is 6.39. The minimum absolute atomic E-state index is 0.00652. The van der Waals surface area contributed by atoms with Gasteiger partial charge in [-0.25, -0.2) is 0 Å². The number of ether oxygens (including phenoxy) is 1. The van der Waals surface area contributed by atoms with Gasteiger partial charge in [0.2, 0.25) is 0 Å². The van der Waals surface area contributed by atoms with Crippen LogP contribution in [0.15, 0.2) is 42.5 Å². The Morgan fingerprint density at radius 2 is 1.59 bits per heavy atom. The topological polar surface area (TPSA) is 72.5 Å². The van der Waals surface area contributed by atoms with E-state index in [1.165, 1.54) is 6.92 Å². The molecule has 0 spiro atoms. The Morgan fingerprint density at radius 3 is 2.19 bits per heavy atom. The van der Waals surface area contributed by atoms with Crippen LogP contribution in [0, 0.1) is 6.92 Å². The second-order valence-electron chi connectivity index (χ2n) is 6.01. The molecule has 0 aliphatic heterocycles. The van der Waals surface area contributed by atoms with Gasteiger partial charge in [0.05, 0.1) is 22.2 Å². The zero-order valence-electron chi connectivity index (χ0n) is 14.9. The van der Waals surface area contributed by atoms with Gasteiger partial charge in [-0.15, -0.1) is 0 Å². The van der Waals surface area contributed by atoms with Crippen molar-refractivity contribution in [3.8, 4) is 0 Å². The predicted molar refractivity (Wildman–Crippen MR) is 105 cm³/mol. The molecule has 5 nitrogen and oxygen atoms in total. The average molecular weight is 408 g/mol. The smallest absolute Gasteiger partial charge is 0.307 e. The van der Waals surface area contributed by atoms with Crippen molar-refractivity contribution >= 4 is 46.5 Å². The standard InChI is InChI=1S/C20H19Cl2NO4/c1-12-6-8-14(9-7-12)17(24)10-11-18(25)27-13(2)20(26)23-19-15(21)4-3-5-16(19)22/h3-9,13H,10-11H2,1-2H3,(H,23,26)/t13-/m1/s1. The lowest BCUT2D eigenvalue weighted by molar-refractivity contribution is -0.153. The molecule has 0 aliphatic carbocycles. The molecule has 142 valence electrons. The molecule has 0 heterocycles. The van der Waals surface area contributed by atoms with E-state index < -0.39 is 18.0 Å². The van der Waals surface area contributed by atoms with E-state index in [2.05, 4.69) is 5.32 Å². The van der Waals surface area contributed by atoms with Gasteiger partial charge in [0, 0.05) is 12.0 Å². The van der Waals surface area contributed by atoms with Crippen molar-refractivity contribution in [1.82, 2.24) is 0 Å². The molecule has 2 rings (SSSR count). The first-order chi connectivity index (χ1) is 12.8. The molecule has 0 radical (unpaired) electrons. The van der Waals surface area contributed by atoms with E-state index >= 15 is 0 Å². The number of hydrogen-bond donors (Lipinski definition) is 1. The molecule has 1 amide bonds. The Balaban J connectivity index is 1.85. The molecule has 2 aromatic rings. The lowest BCUT2D eigenvalue weighted by atomic mass is 10.1. The highest BCUT2D eigenvalue weighted by Gasteiger charge is 2.20. The summed E-state index contributed by atoms with van der Waals surface area (Å²) in [6, 6.07) is 11.9. The zero-order chi connectivity index (χ0) is 20.0. The molecule has 7 heteroatoms. The first-order valence-corrected chi connectivity index (χ1v) is 9.07. The number of ketones is 1. The number of nitrogens with one attached hydrogen (secondary N) is 1. The van der Waals surface area contributed by atoms with Crippen LogP contribution in [0.1, 0.15) is 35.7 Å². The monoisotopic (exact) mass is 407 g/mol. The zero-order valence-corrected chi connectivity index (χ0v) is 16.4. The highest BCUT2D eigenvalue weighted by Crippen LogP contribution is 2.29. The molecular formula is C20H19Cl2NO4. The largest absolute Gasteiger partial charge is 0.453 e. The molecule has 2 aromatic carbocycles. The van der Waals surface area contributed by atoms with Crippen LogP contribution < -0.4 is 5.32 Å².